The topological polar surface area (TPSA) is 89.2 Å². The van der Waals surface area contributed by atoms with Crippen molar-refractivity contribution in [1.82, 2.24) is 4.90 Å². The number of carbonyl (C=O) groups is 1. The van der Waals surface area contributed by atoms with Crippen LogP contribution in [-0.2, 0) is 4.74 Å². The molecule has 1 N–H and O–H groups in total. The molecule has 1 aliphatic heterocycles. The van der Waals surface area contributed by atoms with Crippen molar-refractivity contribution in [2.75, 3.05) is 27.4 Å². The quantitative estimate of drug-likeness (QED) is 0.549. The molecule has 2 aromatic carbocycles. The fourth-order valence-electron chi connectivity index (χ4n) is 3.81. The number of rotatable bonds is 5. The smallest absolute Gasteiger partial charge is 0.290 e. The molecule has 1 atom stereocenters. The summed E-state index contributed by atoms with van der Waals surface area (Å²) in [5.74, 6) is -0.289. The summed E-state index contributed by atoms with van der Waals surface area (Å²) in [6.07, 6.45) is 0. The number of benzene rings is 2. The van der Waals surface area contributed by atoms with Gasteiger partial charge >= 0.3 is 0 Å². The lowest BCUT2D eigenvalue weighted by atomic mass is 9.98. The van der Waals surface area contributed by atoms with Gasteiger partial charge in [0.15, 0.2) is 16.9 Å². The molecule has 1 aromatic heterocycles. The van der Waals surface area contributed by atoms with Gasteiger partial charge in [-0.1, -0.05) is 11.6 Å². The minimum Gasteiger partial charge on any atom is -0.503 e. The minimum absolute atomic E-state index is 0.0107. The number of hydrogen-bond acceptors (Lipinski definition) is 6. The fraction of sp³-hybridized carbons (Fsp3) is 0.273. The Morgan fingerprint density at radius 3 is 2.65 bits per heavy atom. The van der Waals surface area contributed by atoms with Gasteiger partial charge in [0.05, 0.1) is 35.2 Å². The van der Waals surface area contributed by atoms with Gasteiger partial charge in [0, 0.05) is 18.7 Å². The normalized spacial score (nSPS) is 15.6. The number of aromatic hydroxyl groups is 1. The number of methoxy groups -OCH3 is 2. The Labute approximate surface area is 191 Å². The van der Waals surface area contributed by atoms with E-state index in [1.807, 2.05) is 0 Å². The molecule has 2 heterocycles. The number of phenols is 1. The standard InChI is InChI=1S/C22H19BrClNO6/c1-10-6-15-12(9-14(10)24)19(26)17-18(11-7-13(23)20(27)16(8-11)30-3)25(4-5-29-2)22(28)21(17)31-15/h6-9,18,27H,4-5H2,1-3H3/t18-/m0/s1. The van der Waals surface area contributed by atoms with Crippen LogP contribution in [0.15, 0.2) is 37.9 Å². The number of ether oxygens (including phenoxy) is 2. The van der Waals surface area contributed by atoms with E-state index in [-0.39, 0.29) is 41.4 Å². The lowest BCUT2D eigenvalue weighted by molar-refractivity contribution is 0.0663. The third-order valence-corrected chi connectivity index (χ3v) is 6.38. The third kappa shape index (κ3) is 3.48. The van der Waals surface area contributed by atoms with Gasteiger partial charge in [-0.05, 0) is 58.2 Å². The average Bonchev–Trinajstić information content (AvgIpc) is 3.02. The van der Waals surface area contributed by atoms with Crippen molar-refractivity contribution < 1.29 is 23.8 Å². The molecule has 4 rings (SSSR count). The van der Waals surface area contributed by atoms with Gasteiger partial charge in [-0.3, -0.25) is 9.59 Å². The molecule has 0 aliphatic carbocycles. The van der Waals surface area contributed by atoms with Gasteiger partial charge in [0.25, 0.3) is 5.91 Å². The van der Waals surface area contributed by atoms with Crippen molar-refractivity contribution in [3.8, 4) is 11.5 Å². The zero-order valence-corrected chi connectivity index (χ0v) is 19.3. The second-order valence-corrected chi connectivity index (χ2v) is 8.48. The van der Waals surface area contributed by atoms with Crippen molar-refractivity contribution >= 4 is 44.4 Å². The molecule has 0 unspecified atom stereocenters. The first kappa shape index (κ1) is 21.7. The van der Waals surface area contributed by atoms with Gasteiger partial charge in [0.2, 0.25) is 5.76 Å². The summed E-state index contributed by atoms with van der Waals surface area (Å²) >= 11 is 9.55. The summed E-state index contributed by atoms with van der Waals surface area (Å²) in [6.45, 7) is 2.30. The van der Waals surface area contributed by atoms with Crippen LogP contribution in [0.4, 0.5) is 0 Å². The molecule has 3 aromatic rings. The third-order valence-electron chi connectivity index (χ3n) is 5.37. The van der Waals surface area contributed by atoms with E-state index in [1.54, 1.807) is 31.2 Å². The first-order valence-corrected chi connectivity index (χ1v) is 10.6. The molecule has 162 valence electrons. The molecule has 7 nitrogen and oxygen atoms in total. The van der Waals surface area contributed by atoms with Crippen molar-refractivity contribution in [2.24, 2.45) is 0 Å². The Morgan fingerprint density at radius 2 is 1.97 bits per heavy atom. The Hall–Kier alpha value is -2.55. The van der Waals surface area contributed by atoms with E-state index in [2.05, 4.69) is 15.9 Å². The molecule has 0 saturated carbocycles. The van der Waals surface area contributed by atoms with E-state index in [0.29, 0.717) is 26.0 Å². The molecule has 0 bridgehead atoms. The molecule has 0 saturated heterocycles. The van der Waals surface area contributed by atoms with Crippen LogP contribution in [0.3, 0.4) is 0 Å². The highest BCUT2D eigenvalue weighted by Crippen LogP contribution is 2.43. The molecule has 1 amide bonds. The van der Waals surface area contributed by atoms with Crippen molar-refractivity contribution in [2.45, 2.75) is 13.0 Å². The van der Waals surface area contributed by atoms with E-state index < -0.39 is 11.9 Å². The van der Waals surface area contributed by atoms with Crippen LogP contribution in [-0.4, -0.2) is 43.3 Å². The molecule has 1 aliphatic rings. The first-order valence-electron chi connectivity index (χ1n) is 9.41. The van der Waals surface area contributed by atoms with Crippen LogP contribution in [0.25, 0.3) is 11.0 Å². The summed E-state index contributed by atoms with van der Waals surface area (Å²) in [5.41, 5.74) is 1.50. The molecule has 0 spiro atoms. The van der Waals surface area contributed by atoms with Gasteiger partial charge in [-0.25, -0.2) is 0 Å². The van der Waals surface area contributed by atoms with E-state index in [0.717, 1.165) is 5.56 Å². The molecule has 0 radical (unpaired) electrons. The van der Waals surface area contributed by atoms with Crippen molar-refractivity contribution in [1.29, 1.82) is 0 Å². The van der Waals surface area contributed by atoms with Gasteiger partial charge < -0.3 is 23.9 Å². The number of phenolic OH excluding ortho intramolecular Hbond substituents is 1. The van der Waals surface area contributed by atoms with Crippen LogP contribution in [0.1, 0.15) is 33.3 Å². The van der Waals surface area contributed by atoms with E-state index in [9.17, 15) is 14.7 Å². The average molecular weight is 509 g/mol. The maximum Gasteiger partial charge on any atom is 0.290 e. The van der Waals surface area contributed by atoms with E-state index in [4.69, 9.17) is 25.5 Å². The number of hydrogen-bond donors (Lipinski definition) is 1. The molecule has 31 heavy (non-hydrogen) atoms. The Morgan fingerprint density at radius 1 is 1.23 bits per heavy atom. The lowest BCUT2D eigenvalue weighted by Gasteiger charge is -2.25. The number of aryl methyl sites for hydroxylation is 1. The van der Waals surface area contributed by atoms with E-state index in [1.165, 1.54) is 19.1 Å². The van der Waals surface area contributed by atoms with Gasteiger partial charge in [0.1, 0.15) is 5.58 Å². The van der Waals surface area contributed by atoms with Crippen LogP contribution in [0, 0.1) is 6.92 Å². The zero-order chi connectivity index (χ0) is 22.4. The largest absolute Gasteiger partial charge is 0.503 e. The second-order valence-electron chi connectivity index (χ2n) is 7.22. The second kappa shape index (κ2) is 8.18. The maximum atomic E-state index is 13.5. The summed E-state index contributed by atoms with van der Waals surface area (Å²) < 4.78 is 16.7. The van der Waals surface area contributed by atoms with E-state index >= 15 is 0 Å². The maximum absolute atomic E-state index is 13.5. The predicted octanol–water partition coefficient (Wildman–Crippen LogP) is 4.42. The van der Waals surface area contributed by atoms with Crippen molar-refractivity contribution in [3.05, 3.63) is 66.4 Å². The van der Waals surface area contributed by atoms with Crippen LogP contribution >= 0.6 is 27.5 Å². The Kier molecular flexibility index (Phi) is 5.72. The van der Waals surface area contributed by atoms with Gasteiger partial charge in [-0.15, -0.1) is 0 Å². The highest BCUT2D eigenvalue weighted by Gasteiger charge is 2.43. The lowest BCUT2D eigenvalue weighted by Crippen LogP contribution is -2.32. The monoisotopic (exact) mass is 507 g/mol. The summed E-state index contributed by atoms with van der Waals surface area (Å²) in [4.78, 5) is 28.3. The molecular formula is C22H19BrClNO6. The summed E-state index contributed by atoms with van der Waals surface area (Å²) in [5, 5.41) is 10.9. The molecule has 0 fully saturated rings. The van der Waals surface area contributed by atoms with Crippen LogP contribution in [0.2, 0.25) is 5.02 Å². The molecule has 9 heteroatoms. The fourth-order valence-corrected chi connectivity index (χ4v) is 4.44. The Balaban J connectivity index is 2.01. The molecular weight excluding hydrogens is 490 g/mol. The minimum atomic E-state index is -0.746. The highest BCUT2D eigenvalue weighted by atomic mass is 79.9. The predicted molar refractivity (Wildman–Crippen MR) is 119 cm³/mol. The Bertz CT molecular complexity index is 1270. The number of amides is 1. The SMILES string of the molecule is COCCN1C(=O)c2oc3cc(C)c(Cl)cc3c(=O)c2[C@@H]1c1cc(Br)c(O)c(OC)c1. The number of halogens is 2. The van der Waals surface area contributed by atoms with Crippen LogP contribution < -0.4 is 10.2 Å². The number of carbonyl (C=O) groups excluding carboxylic acids is 1. The number of fused-ring (bicyclic) bond motifs is 2. The van der Waals surface area contributed by atoms with Gasteiger partial charge in [-0.2, -0.15) is 0 Å². The van der Waals surface area contributed by atoms with Crippen LogP contribution in [0.5, 0.6) is 11.5 Å². The van der Waals surface area contributed by atoms with Crippen molar-refractivity contribution in [3.63, 3.8) is 0 Å². The highest BCUT2D eigenvalue weighted by molar-refractivity contribution is 9.10. The summed E-state index contributed by atoms with van der Waals surface area (Å²) in [6, 6.07) is 5.71. The zero-order valence-electron chi connectivity index (χ0n) is 17.0. The summed E-state index contributed by atoms with van der Waals surface area (Å²) in [7, 11) is 2.96. The first-order chi connectivity index (χ1) is 14.8. The number of nitrogens with zero attached hydrogens (tertiary/aromatic N) is 1.